The van der Waals surface area contributed by atoms with E-state index in [1.807, 2.05) is 31.1 Å². The van der Waals surface area contributed by atoms with Crippen LogP contribution in [-0.2, 0) is 14.3 Å². The summed E-state index contributed by atoms with van der Waals surface area (Å²) < 4.78 is 4.30. The molecule has 0 heterocycles. The number of ether oxygens (including phenoxy) is 1. The van der Waals surface area contributed by atoms with Crippen molar-refractivity contribution >= 4 is 23.5 Å². The zero-order valence-corrected chi connectivity index (χ0v) is 11.0. The van der Waals surface area contributed by atoms with Gasteiger partial charge in [0.1, 0.15) is 11.6 Å². The highest BCUT2D eigenvalue weighted by Gasteiger charge is 2.19. The number of nitriles is 1. The second kappa shape index (κ2) is 6.36. The summed E-state index contributed by atoms with van der Waals surface area (Å²) in [5.74, 6) is -1.99. The van der Waals surface area contributed by atoms with E-state index in [1.54, 1.807) is 18.2 Å². The predicted molar refractivity (Wildman–Crippen MR) is 71.4 cm³/mol. The minimum atomic E-state index is -1.04. The maximum Gasteiger partial charge on any atom is 0.380 e. The number of hydrogen-bond acceptors (Lipinski definition) is 5. The monoisotopic (exact) mass is 258 g/mol. The minimum absolute atomic E-state index is 0.246. The largest absolute Gasteiger partial charge is 0.463 e. The van der Waals surface area contributed by atoms with Gasteiger partial charge in [-0.25, -0.2) is 4.79 Å². The van der Waals surface area contributed by atoms with Crippen LogP contribution in [0.5, 0.6) is 0 Å². The zero-order chi connectivity index (χ0) is 14.4. The molecule has 0 spiro atoms. The number of anilines is 1. The molecule has 19 heavy (non-hydrogen) atoms. The Morgan fingerprint density at radius 3 is 2.26 bits per heavy atom. The molecule has 98 valence electrons. The molecular formula is C14H14N2O3. The van der Waals surface area contributed by atoms with Gasteiger partial charge < -0.3 is 9.64 Å². The van der Waals surface area contributed by atoms with Crippen LogP contribution in [0.1, 0.15) is 5.56 Å². The number of hydrogen-bond donors (Lipinski definition) is 0. The molecule has 1 aromatic rings. The number of carbonyl (C=O) groups is 2. The van der Waals surface area contributed by atoms with Crippen molar-refractivity contribution in [2.24, 2.45) is 0 Å². The molecule has 0 atom stereocenters. The summed E-state index contributed by atoms with van der Waals surface area (Å²) in [7, 11) is 4.92. The molecule has 0 saturated carbocycles. The highest BCUT2D eigenvalue weighted by atomic mass is 16.5. The Hall–Kier alpha value is -2.61. The summed E-state index contributed by atoms with van der Waals surface area (Å²) in [5, 5.41) is 8.89. The average Bonchev–Trinajstić information content (AvgIpc) is 2.43. The third kappa shape index (κ3) is 3.68. The number of ketones is 1. The smallest absolute Gasteiger partial charge is 0.380 e. The molecule has 0 aromatic heterocycles. The van der Waals surface area contributed by atoms with Crippen molar-refractivity contribution in [1.82, 2.24) is 0 Å². The maximum atomic E-state index is 11.5. The molecule has 1 rings (SSSR count). The molecule has 5 nitrogen and oxygen atoms in total. The van der Waals surface area contributed by atoms with Gasteiger partial charge in [0.15, 0.2) is 0 Å². The Bertz CT molecular complexity index is 551. The van der Waals surface area contributed by atoms with Crippen LogP contribution in [0.15, 0.2) is 29.8 Å². The third-order valence-corrected chi connectivity index (χ3v) is 2.46. The number of esters is 1. The lowest BCUT2D eigenvalue weighted by Crippen LogP contribution is -2.16. The van der Waals surface area contributed by atoms with Crippen LogP contribution in [0, 0.1) is 11.3 Å². The van der Waals surface area contributed by atoms with E-state index in [-0.39, 0.29) is 5.57 Å². The number of rotatable bonds is 4. The standard InChI is InChI=1S/C14H14N2O3/c1-16(2)12-6-4-10(5-7-12)8-11(9-15)13(17)14(18)19-3/h4-8H,1-3H3/b11-8+. The van der Waals surface area contributed by atoms with Crippen molar-refractivity contribution in [1.29, 1.82) is 5.26 Å². The second-order valence-corrected chi connectivity index (χ2v) is 3.98. The van der Waals surface area contributed by atoms with Gasteiger partial charge in [0.2, 0.25) is 0 Å². The van der Waals surface area contributed by atoms with Crippen LogP contribution in [-0.4, -0.2) is 33.0 Å². The molecule has 0 aliphatic carbocycles. The lowest BCUT2D eigenvalue weighted by molar-refractivity contribution is -0.149. The summed E-state index contributed by atoms with van der Waals surface area (Å²) >= 11 is 0. The van der Waals surface area contributed by atoms with Crippen molar-refractivity contribution in [2.75, 3.05) is 26.1 Å². The molecule has 0 aliphatic rings. The van der Waals surface area contributed by atoms with Crippen molar-refractivity contribution in [3.05, 3.63) is 35.4 Å². The number of nitrogens with zero attached hydrogens (tertiary/aromatic N) is 2. The van der Waals surface area contributed by atoms with Gasteiger partial charge in [0, 0.05) is 19.8 Å². The molecule has 0 saturated heterocycles. The molecule has 1 aromatic carbocycles. The molecular weight excluding hydrogens is 244 g/mol. The lowest BCUT2D eigenvalue weighted by atomic mass is 10.1. The fraction of sp³-hybridized carbons (Fsp3) is 0.214. The first-order valence-electron chi connectivity index (χ1n) is 5.51. The predicted octanol–water partition coefficient (Wildman–Crippen LogP) is 1.40. The van der Waals surface area contributed by atoms with E-state index < -0.39 is 11.8 Å². The van der Waals surface area contributed by atoms with E-state index in [0.717, 1.165) is 12.8 Å². The first-order chi connectivity index (χ1) is 8.99. The fourth-order valence-corrected chi connectivity index (χ4v) is 1.39. The SMILES string of the molecule is COC(=O)C(=O)/C(C#N)=C/c1ccc(N(C)C)cc1. The molecule has 0 aliphatic heterocycles. The van der Waals surface area contributed by atoms with E-state index in [1.165, 1.54) is 6.08 Å². The Kier molecular flexibility index (Phi) is 4.84. The summed E-state index contributed by atoms with van der Waals surface area (Å²) in [6.07, 6.45) is 1.36. The van der Waals surface area contributed by atoms with E-state index in [0.29, 0.717) is 5.56 Å². The van der Waals surface area contributed by atoms with Gasteiger partial charge in [0.05, 0.1) is 7.11 Å². The Balaban J connectivity index is 3.02. The van der Waals surface area contributed by atoms with Gasteiger partial charge in [-0.05, 0) is 23.8 Å². The molecule has 0 bridgehead atoms. The van der Waals surface area contributed by atoms with Gasteiger partial charge in [0.25, 0.3) is 5.78 Å². The lowest BCUT2D eigenvalue weighted by Gasteiger charge is -2.11. The summed E-state index contributed by atoms with van der Waals surface area (Å²) in [4.78, 5) is 24.5. The number of Topliss-reactive ketones (excluding diaryl/α,β-unsaturated/α-hetero) is 1. The molecule has 5 heteroatoms. The number of carbonyl (C=O) groups excluding carboxylic acids is 2. The van der Waals surface area contributed by atoms with Crippen LogP contribution in [0.25, 0.3) is 6.08 Å². The molecule has 0 N–H and O–H groups in total. The van der Waals surface area contributed by atoms with Gasteiger partial charge in [-0.2, -0.15) is 5.26 Å². The van der Waals surface area contributed by atoms with Gasteiger partial charge in [-0.3, -0.25) is 4.79 Å². The quantitative estimate of drug-likeness (QED) is 0.353. The van der Waals surface area contributed by atoms with Crippen molar-refractivity contribution < 1.29 is 14.3 Å². The van der Waals surface area contributed by atoms with Crippen LogP contribution in [0.3, 0.4) is 0 Å². The van der Waals surface area contributed by atoms with E-state index in [2.05, 4.69) is 4.74 Å². The Morgan fingerprint density at radius 1 is 1.26 bits per heavy atom. The van der Waals surface area contributed by atoms with Crippen LogP contribution >= 0.6 is 0 Å². The van der Waals surface area contributed by atoms with E-state index in [9.17, 15) is 9.59 Å². The normalized spacial score (nSPS) is 10.5. The molecule has 0 radical (unpaired) electrons. The zero-order valence-electron chi connectivity index (χ0n) is 11.0. The number of methoxy groups -OCH3 is 1. The Labute approximate surface area is 111 Å². The number of benzene rings is 1. The van der Waals surface area contributed by atoms with Crippen molar-refractivity contribution in [3.8, 4) is 6.07 Å². The Morgan fingerprint density at radius 2 is 1.84 bits per heavy atom. The summed E-state index contributed by atoms with van der Waals surface area (Å²) in [6.45, 7) is 0. The van der Waals surface area contributed by atoms with Crippen LogP contribution in [0.2, 0.25) is 0 Å². The maximum absolute atomic E-state index is 11.5. The van der Waals surface area contributed by atoms with E-state index in [4.69, 9.17) is 5.26 Å². The topological polar surface area (TPSA) is 70.4 Å². The van der Waals surface area contributed by atoms with Crippen LogP contribution in [0.4, 0.5) is 5.69 Å². The molecule has 0 amide bonds. The second-order valence-electron chi connectivity index (χ2n) is 3.98. The highest BCUT2D eigenvalue weighted by Crippen LogP contribution is 2.14. The van der Waals surface area contributed by atoms with Gasteiger partial charge >= 0.3 is 5.97 Å². The first-order valence-corrected chi connectivity index (χ1v) is 5.51. The fourth-order valence-electron chi connectivity index (χ4n) is 1.39. The summed E-state index contributed by atoms with van der Waals surface area (Å²) in [6, 6.07) is 8.93. The first kappa shape index (κ1) is 14.5. The van der Waals surface area contributed by atoms with E-state index >= 15 is 0 Å². The van der Waals surface area contributed by atoms with Gasteiger partial charge in [-0.15, -0.1) is 0 Å². The van der Waals surface area contributed by atoms with Crippen molar-refractivity contribution in [2.45, 2.75) is 0 Å². The van der Waals surface area contributed by atoms with Gasteiger partial charge in [-0.1, -0.05) is 12.1 Å². The third-order valence-electron chi connectivity index (χ3n) is 2.46. The molecule has 0 fully saturated rings. The average molecular weight is 258 g/mol. The van der Waals surface area contributed by atoms with Crippen molar-refractivity contribution in [3.63, 3.8) is 0 Å². The summed E-state index contributed by atoms with van der Waals surface area (Å²) in [5.41, 5.74) is 1.42. The molecule has 0 unspecified atom stereocenters. The highest BCUT2D eigenvalue weighted by molar-refractivity contribution is 6.42. The minimum Gasteiger partial charge on any atom is -0.463 e. The van der Waals surface area contributed by atoms with Crippen LogP contribution < -0.4 is 4.90 Å².